The number of hydrogen-bond donors (Lipinski definition) is 0. The van der Waals surface area contributed by atoms with Gasteiger partial charge in [-0.15, -0.1) is 59.7 Å². The molecule has 3 aromatic heterocycles. The molecule has 0 saturated heterocycles. The number of nitrogens with zero attached hydrogens (tertiary/aromatic N) is 2. The smallest absolute Gasteiger partial charge is 0.0776 e. The van der Waals surface area contributed by atoms with E-state index in [-0.39, 0.29) is 20.1 Å². The second kappa shape index (κ2) is 12.7. The quantitative estimate of drug-likeness (QED) is 0.129. The first-order chi connectivity index (χ1) is 19.8. The molecule has 5 heteroatoms. The summed E-state index contributed by atoms with van der Waals surface area (Å²) in [5, 5.41) is 4.25. The van der Waals surface area contributed by atoms with E-state index in [1.54, 1.807) is 0 Å². The third kappa shape index (κ3) is 6.66. The fourth-order valence-corrected chi connectivity index (χ4v) is 7.46. The van der Waals surface area contributed by atoms with Crippen molar-refractivity contribution in [3.8, 4) is 22.5 Å². The van der Waals surface area contributed by atoms with Crippen LogP contribution < -0.4 is 5.19 Å². The van der Waals surface area contributed by atoms with Crippen LogP contribution in [0, 0.1) is 12.1 Å². The Labute approximate surface area is 268 Å². The summed E-state index contributed by atoms with van der Waals surface area (Å²) in [6.45, 7) is 11.6. The van der Waals surface area contributed by atoms with Gasteiger partial charge >= 0.3 is 0 Å². The van der Waals surface area contributed by atoms with Crippen LogP contribution in [-0.4, -0.2) is 18.0 Å². The van der Waals surface area contributed by atoms with E-state index in [1.165, 1.54) is 49.3 Å². The van der Waals surface area contributed by atoms with E-state index in [4.69, 9.17) is 0 Å². The van der Waals surface area contributed by atoms with Gasteiger partial charge in [0.05, 0.1) is 8.07 Å². The summed E-state index contributed by atoms with van der Waals surface area (Å²) in [4.78, 5) is 9.12. The minimum atomic E-state index is -1.32. The second-order valence-corrected chi connectivity index (χ2v) is 18.4. The van der Waals surface area contributed by atoms with E-state index in [9.17, 15) is 0 Å². The molecule has 0 spiro atoms. The van der Waals surface area contributed by atoms with Crippen molar-refractivity contribution in [2.24, 2.45) is 0 Å². The van der Waals surface area contributed by atoms with E-state index < -0.39 is 8.07 Å². The maximum absolute atomic E-state index is 4.68. The van der Waals surface area contributed by atoms with Gasteiger partial charge in [0.1, 0.15) is 0 Å². The van der Waals surface area contributed by atoms with Crippen molar-refractivity contribution in [3.63, 3.8) is 0 Å². The molecule has 2 nitrogen and oxygen atoms in total. The van der Waals surface area contributed by atoms with Crippen LogP contribution in [0.4, 0.5) is 0 Å². The summed E-state index contributed by atoms with van der Waals surface area (Å²) in [7, 11) is -1.32. The summed E-state index contributed by atoms with van der Waals surface area (Å²) < 4.78 is 2.68. The number of aromatic nitrogens is 2. The largest absolute Gasteiger partial charge is 0.305 e. The zero-order chi connectivity index (χ0) is 28.6. The van der Waals surface area contributed by atoms with Gasteiger partial charge < -0.3 is 9.97 Å². The van der Waals surface area contributed by atoms with Gasteiger partial charge in [0.2, 0.25) is 0 Å². The zero-order valence-corrected chi connectivity index (χ0v) is 29.1. The number of pyridine rings is 2. The Hall–Kier alpha value is -2.95. The average molecular weight is 761 g/mol. The van der Waals surface area contributed by atoms with Crippen LogP contribution in [0.3, 0.4) is 0 Å². The Morgan fingerprint density at radius 2 is 1.67 bits per heavy atom. The molecular formula is C37H36IrN2SSi-2. The monoisotopic (exact) mass is 761 g/mol. The fraction of sp³-hybridized carbons (Fsp3) is 0.243. The summed E-state index contributed by atoms with van der Waals surface area (Å²) in [5.74, 6) is 1.28. The molecule has 7 rings (SSSR count). The van der Waals surface area contributed by atoms with Gasteiger partial charge in [-0.1, -0.05) is 80.0 Å². The van der Waals surface area contributed by atoms with Crippen LogP contribution in [0.25, 0.3) is 42.7 Å². The standard InChI is InChI=1S/C23H22NSSi.C14H14N.Ir/c1-26(2,3)17-9-10-22-20(14-17)18-5-4-6-19(23(18)25-22)21-13-16(11-12-24-21)15-7-8-15;1-11(2)13-8-9-14(15-10-13)12-6-4-3-5-7-12;/h4-5,9-15H,7-8H2,1-3H3;3-6,8-11H,1-2H3;/q2*-1;. The first kappa shape index (κ1) is 30.5. The summed E-state index contributed by atoms with van der Waals surface area (Å²) in [6.07, 6.45) is 6.55. The Kier molecular flexibility index (Phi) is 9.24. The number of benzene rings is 3. The van der Waals surface area contributed by atoms with Gasteiger partial charge in [-0.3, -0.25) is 0 Å². The van der Waals surface area contributed by atoms with Gasteiger partial charge in [0, 0.05) is 37.2 Å². The molecule has 0 amide bonds. The van der Waals surface area contributed by atoms with Gasteiger partial charge in [0.25, 0.3) is 0 Å². The van der Waals surface area contributed by atoms with E-state index >= 15 is 0 Å². The van der Waals surface area contributed by atoms with E-state index in [1.807, 2.05) is 48.0 Å². The van der Waals surface area contributed by atoms with Gasteiger partial charge in [-0.25, -0.2) is 0 Å². The first-order valence-electron chi connectivity index (χ1n) is 14.5. The Morgan fingerprint density at radius 1 is 0.833 bits per heavy atom. The first-order valence-corrected chi connectivity index (χ1v) is 18.9. The molecule has 0 N–H and O–H groups in total. The van der Waals surface area contributed by atoms with Crippen molar-refractivity contribution in [3.05, 3.63) is 115 Å². The van der Waals surface area contributed by atoms with Crippen molar-refractivity contribution in [1.82, 2.24) is 9.97 Å². The molecule has 1 saturated carbocycles. The van der Waals surface area contributed by atoms with Crippen LogP contribution in [-0.2, 0) is 20.1 Å². The van der Waals surface area contributed by atoms with Crippen molar-refractivity contribution in [2.75, 3.05) is 0 Å². The van der Waals surface area contributed by atoms with E-state index in [2.05, 4.69) is 110 Å². The zero-order valence-electron chi connectivity index (χ0n) is 24.9. The van der Waals surface area contributed by atoms with Crippen LogP contribution in [0.2, 0.25) is 19.6 Å². The molecule has 1 fully saturated rings. The number of fused-ring (bicyclic) bond motifs is 3. The minimum absolute atomic E-state index is 0. The van der Waals surface area contributed by atoms with Crippen LogP contribution in [0.1, 0.15) is 49.7 Å². The Bertz CT molecular complexity index is 1800. The predicted octanol–water partition coefficient (Wildman–Crippen LogP) is 10.0. The Balaban J connectivity index is 0.000000189. The maximum atomic E-state index is 4.68. The molecule has 0 unspecified atom stereocenters. The van der Waals surface area contributed by atoms with Crippen LogP contribution >= 0.6 is 11.3 Å². The molecule has 3 heterocycles. The van der Waals surface area contributed by atoms with Gasteiger partial charge in [-0.2, -0.15) is 11.3 Å². The normalized spacial score (nSPS) is 13.1. The third-order valence-electron chi connectivity index (χ3n) is 7.82. The van der Waals surface area contributed by atoms with Crippen molar-refractivity contribution >= 4 is 44.8 Å². The van der Waals surface area contributed by atoms with E-state index in [0.29, 0.717) is 5.92 Å². The number of hydrogen-bond acceptors (Lipinski definition) is 3. The number of rotatable bonds is 5. The van der Waals surface area contributed by atoms with Gasteiger partial charge in [0.15, 0.2) is 0 Å². The molecule has 42 heavy (non-hydrogen) atoms. The predicted molar refractivity (Wildman–Crippen MR) is 179 cm³/mol. The maximum Gasteiger partial charge on any atom is 0.0776 e. The molecule has 3 aromatic carbocycles. The topological polar surface area (TPSA) is 25.8 Å². The molecule has 1 aliphatic rings. The molecule has 1 radical (unpaired) electrons. The Morgan fingerprint density at radius 3 is 2.33 bits per heavy atom. The van der Waals surface area contributed by atoms with Crippen molar-refractivity contribution in [2.45, 2.75) is 58.2 Å². The number of thiophene rings is 1. The third-order valence-corrected chi connectivity index (χ3v) is 11.1. The summed E-state index contributed by atoms with van der Waals surface area (Å²) in [6, 6.07) is 34.5. The fourth-order valence-electron chi connectivity index (χ4n) is 5.11. The average Bonchev–Trinajstić information content (AvgIpc) is 3.78. The molecule has 215 valence electrons. The van der Waals surface area contributed by atoms with Crippen LogP contribution in [0.15, 0.2) is 91.3 Å². The molecule has 6 aromatic rings. The molecule has 0 bridgehead atoms. The molecule has 1 aliphatic carbocycles. The second-order valence-electron chi connectivity index (χ2n) is 12.3. The van der Waals surface area contributed by atoms with Crippen molar-refractivity contribution in [1.29, 1.82) is 0 Å². The van der Waals surface area contributed by atoms with Crippen LogP contribution in [0.5, 0.6) is 0 Å². The van der Waals surface area contributed by atoms with Gasteiger partial charge in [-0.05, 0) is 63.8 Å². The van der Waals surface area contributed by atoms with E-state index in [0.717, 1.165) is 28.4 Å². The SMILES string of the molecule is CC(C)c1ccc(-c2[c-]cccc2)nc1.C[Si](C)(C)c1ccc2sc3c(-c4cc(C5CC5)ccn4)[c-]ccc3c2c1.[Ir]. The molecule has 0 aliphatic heterocycles. The summed E-state index contributed by atoms with van der Waals surface area (Å²) in [5.41, 5.74) is 6.96. The minimum Gasteiger partial charge on any atom is -0.305 e. The summed E-state index contributed by atoms with van der Waals surface area (Å²) >= 11 is 1.88. The molecule has 0 atom stereocenters. The molecular weight excluding hydrogens is 725 g/mol. The van der Waals surface area contributed by atoms with Crippen molar-refractivity contribution < 1.29 is 20.1 Å².